The first-order valence-corrected chi connectivity index (χ1v) is 8.66. The van der Waals surface area contributed by atoms with Gasteiger partial charge in [-0.25, -0.2) is 4.98 Å². The number of nitrogens with zero attached hydrogens (tertiary/aromatic N) is 2. The van der Waals surface area contributed by atoms with E-state index in [9.17, 15) is 18.0 Å². The van der Waals surface area contributed by atoms with Crippen LogP contribution in [0.2, 0.25) is 0 Å². The third kappa shape index (κ3) is 5.43. The Morgan fingerprint density at radius 2 is 2.04 bits per heavy atom. The van der Waals surface area contributed by atoms with Crippen molar-refractivity contribution < 1.29 is 18.0 Å². The summed E-state index contributed by atoms with van der Waals surface area (Å²) in [5.74, 6) is -0.236. The van der Waals surface area contributed by atoms with Crippen LogP contribution in [0, 0.1) is 5.92 Å². The zero-order valence-corrected chi connectivity index (χ0v) is 14.4. The zero-order valence-electron chi connectivity index (χ0n) is 13.6. The maximum atomic E-state index is 12.1. The molecule has 0 atom stereocenters. The molecule has 1 aromatic heterocycles. The number of para-hydroxylation sites is 2. The molecule has 4 nitrogen and oxygen atoms in total. The first kappa shape index (κ1) is 18.6. The monoisotopic (exact) mass is 359 g/mol. The summed E-state index contributed by atoms with van der Waals surface area (Å²) in [6.45, 7) is 3.69. The Labute approximate surface area is 142 Å². The molecule has 1 N–H and O–H groups in total. The highest BCUT2D eigenvalue weighted by Crippen LogP contribution is 2.25. The predicted octanol–water partition coefficient (Wildman–Crippen LogP) is 3.85. The molecule has 1 aromatic carbocycles. The molecular formula is C16H20F3N3OS. The highest BCUT2D eigenvalue weighted by molar-refractivity contribution is 7.99. The molecular weight excluding hydrogens is 339 g/mol. The van der Waals surface area contributed by atoms with Crippen molar-refractivity contribution in [3.05, 3.63) is 24.3 Å². The lowest BCUT2D eigenvalue weighted by Crippen LogP contribution is -2.34. The number of alkyl halides is 3. The van der Waals surface area contributed by atoms with Crippen LogP contribution in [0.1, 0.15) is 20.3 Å². The number of rotatable bonds is 7. The van der Waals surface area contributed by atoms with Crippen LogP contribution in [0.5, 0.6) is 0 Å². The Bertz CT molecular complexity index is 697. The molecule has 1 amide bonds. The second-order valence-corrected chi connectivity index (χ2v) is 6.84. The summed E-state index contributed by atoms with van der Waals surface area (Å²) in [4.78, 5) is 16.1. The van der Waals surface area contributed by atoms with Gasteiger partial charge in [-0.05, 0) is 24.5 Å². The van der Waals surface area contributed by atoms with Gasteiger partial charge in [0.1, 0.15) is 6.54 Å². The van der Waals surface area contributed by atoms with E-state index in [1.165, 1.54) is 0 Å². The van der Waals surface area contributed by atoms with Crippen molar-refractivity contribution in [2.75, 3.05) is 12.3 Å². The van der Waals surface area contributed by atoms with Gasteiger partial charge in [-0.2, -0.15) is 13.2 Å². The molecule has 2 aromatic rings. The van der Waals surface area contributed by atoms with E-state index in [2.05, 4.69) is 18.8 Å². The number of thioether (sulfide) groups is 1. The maximum Gasteiger partial charge on any atom is 0.405 e. The molecule has 8 heteroatoms. The summed E-state index contributed by atoms with van der Waals surface area (Å²) in [5.41, 5.74) is 1.79. The lowest BCUT2D eigenvalue weighted by molar-refractivity contribution is -0.136. The summed E-state index contributed by atoms with van der Waals surface area (Å²) in [6.07, 6.45) is -3.45. The number of aryl methyl sites for hydroxylation is 1. The second-order valence-electron chi connectivity index (χ2n) is 5.90. The zero-order chi connectivity index (χ0) is 17.7. The minimum atomic E-state index is -4.40. The number of fused-ring (bicyclic) bond motifs is 1. The van der Waals surface area contributed by atoms with Crippen molar-refractivity contribution in [3.63, 3.8) is 0 Å². The van der Waals surface area contributed by atoms with Gasteiger partial charge in [0.2, 0.25) is 5.91 Å². The molecule has 0 aliphatic carbocycles. The molecule has 0 spiro atoms. The first-order valence-electron chi connectivity index (χ1n) is 7.68. The molecule has 24 heavy (non-hydrogen) atoms. The standard InChI is InChI=1S/C16H20F3N3OS/c1-11(2)7-8-22-13-6-4-3-5-12(13)21-15(22)24-9-14(23)20-10-16(17,18)19/h3-6,11H,7-10H2,1-2H3,(H,20,23). The molecule has 1 heterocycles. The van der Waals surface area contributed by atoms with Crippen LogP contribution in [-0.2, 0) is 11.3 Å². The van der Waals surface area contributed by atoms with E-state index in [1.807, 2.05) is 34.1 Å². The van der Waals surface area contributed by atoms with Crippen LogP contribution in [0.3, 0.4) is 0 Å². The predicted molar refractivity (Wildman–Crippen MR) is 89.0 cm³/mol. The summed E-state index contributed by atoms with van der Waals surface area (Å²) < 4.78 is 38.4. The number of amides is 1. The molecule has 0 saturated carbocycles. The van der Waals surface area contributed by atoms with E-state index in [4.69, 9.17) is 0 Å². The topological polar surface area (TPSA) is 46.9 Å². The Morgan fingerprint density at radius 1 is 1.33 bits per heavy atom. The molecule has 132 valence electrons. The third-order valence-corrected chi connectivity index (χ3v) is 4.34. The average molecular weight is 359 g/mol. The van der Waals surface area contributed by atoms with Crippen molar-refractivity contribution >= 4 is 28.7 Å². The average Bonchev–Trinajstić information content (AvgIpc) is 2.85. The molecule has 0 bridgehead atoms. The molecule has 0 radical (unpaired) electrons. The SMILES string of the molecule is CC(C)CCn1c(SCC(=O)NCC(F)(F)F)nc2ccccc21. The van der Waals surface area contributed by atoms with Crippen LogP contribution in [0.25, 0.3) is 11.0 Å². The Kier molecular flexibility index (Phi) is 6.15. The highest BCUT2D eigenvalue weighted by atomic mass is 32.2. The normalized spacial score (nSPS) is 12.1. The van der Waals surface area contributed by atoms with Gasteiger partial charge in [-0.1, -0.05) is 37.7 Å². The van der Waals surface area contributed by atoms with Crippen LogP contribution in [0.4, 0.5) is 13.2 Å². The summed E-state index contributed by atoms with van der Waals surface area (Å²) in [5, 5.41) is 2.53. The number of imidazole rings is 1. The molecule has 0 unspecified atom stereocenters. The van der Waals surface area contributed by atoms with Crippen LogP contribution in [0.15, 0.2) is 29.4 Å². The van der Waals surface area contributed by atoms with E-state index in [0.717, 1.165) is 35.8 Å². The summed E-state index contributed by atoms with van der Waals surface area (Å²) in [7, 11) is 0. The van der Waals surface area contributed by atoms with Gasteiger partial charge in [0, 0.05) is 6.54 Å². The van der Waals surface area contributed by atoms with E-state index in [-0.39, 0.29) is 5.75 Å². The van der Waals surface area contributed by atoms with E-state index >= 15 is 0 Å². The highest BCUT2D eigenvalue weighted by Gasteiger charge is 2.27. The lowest BCUT2D eigenvalue weighted by atomic mass is 10.1. The number of hydrogen-bond acceptors (Lipinski definition) is 3. The quantitative estimate of drug-likeness (QED) is 0.764. The van der Waals surface area contributed by atoms with Gasteiger partial charge in [-0.15, -0.1) is 0 Å². The Morgan fingerprint density at radius 3 is 2.71 bits per heavy atom. The number of nitrogens with one attached hydrogen (secondary N) is 1. The van der Waals surface area contributed by atoms with Crippen LogP contribution in [-0.4, -0.2) is 33.9 Å². The Hall–Kier alpha value is -1.70. The molecule has 0 fully saturated rings. The molecule has 0 aliphatic rings. The first-order chi connectivity index (χ1) is 11.3. The van der Waals surface area contributed by atoms with Gasteiger partial charge in [0.25, 0.3) is 0 Å². The van der Waals surface area contributed by atoms with Crippen LogP contribution >= 0.6 is 11.8 Å². The van der Waals surface area contributed by atoms with Crippen LogP contribution < -0.4 is 5.32 Å². The van der Waals surface area contributed by atoms with E-state index in [0.29, 0.717) is 11.1 Å². The summed E-state index contributed by atoms with van der Waals surface area (Å²) >= 11 is 1.16. The number of aromatic nitrogens is 2. The fourth-order valence-corrected chi connectivity index (χ4v) is 3.02. The van der Waals surface area contributed by atoms with Crippen molar-refractivity contribution in [1.82, 2.24) is 14.9 Å². The second kappa shape index (κ2) is 7.92. The lowest BCUT2D eigenvalue weighted by Gasteiger charge is -2.11. The minimum Gasteiger partial charge on any atom is -0.346 e. The van der Waals surface area contributed by atoms with Gasteiger partial charge in [0.15, 0.2) is 5.16 Å². The minimum absolute atomic E-state index is 0.0962. The molecule has 2 rings (SSSR count). The number of halogens is 3. The maximum absolute atomic E-state index is 12.1. The third-order valence-electron chi connectivity index (χ3n) is 3.37. The number of benzene rings is 1. The van der Waals surface area contributed by atoms with Crippen molar-refractivity contribution in [1.29, 1.82) is 0 Å². The fraction of sp³-hybridized carbons (Fsp3) is 0.500. The number of carbonyl (C=O) groups is 1. The molecule has 0 aliphatic heterocycles. The van der Waals surface area contributed by atoms with E-state index < -0.39 is 18.6 Å². The van der Waals surface area contributed by atoms with Crippen molar-refractivity contribution in [3.8, 4) is 0 Å². The van der Waals surface area contributed by atoms with Crippen molar-refractivity contribution in [2.45, 2.75) is 38.1 Å². The van der Waals surface area contributed by atoms with E-state index in [1.54, 1.807) is 0 Å². The number of carbonyl (C=O) groups excluding carboxylic acids is 1. The van der Waals surface area contributed by atoms with Gasteiger partial charge in [-0.3, -0.25) is 4.79 Å². The van der Waals surface area contributed by atoms with Gasteiger partial charge >= 0.3 is 6.18 Å². The largest absolute Gasteiger partial charge is 0.405 e. The molecule has 0 saturated heterocycles. The smallest absolute Gasteiger partial charge is 0.346 e. The van der Waals surface area contributed by atoms with Gasteiger partial charge < -0.3 is 9.88 Å². The Balaban J connectivity index is 2.07. The summed E-state index contributed by atoms with van der Waals surface area (Å²) in [6, 6.07) is 7.64. The van der Waals surface area contributed by atoms with Crippen molar-refractivity contribution in [2.24, 2.45) is 5.92 Å². The number of hydrogen-bond donors (Lipinski definition) is 1. The fourth-order valence-electron chi connectivity index (χ4n) is 2.15. The van der Waals surface area contributed by atoms with Gasteiger partial charge in [0.05, 0.1) is 16.8 Å².